The van der Waals surface area contributed by atoms with E-state index in [4.69, 9.17) is 4.84 Å². The molecule has 6 heteroatoms. The van der Waals surface area contributed by atoms with Gasteiger partial charge in [0.05, 0.1) is 5.71 Å². The Morgan fingerprint density at radius 2 is 1.85 bits per heavy atom. The molecule has 2 amide bonds. The van der Waals surface area contributed by atoms with Crippen molar-refractivity contribution in [1.82, 2.24) is 5.32 Å². The molecule has 1 atom stereocenters. The average molecular weight is 363 g/mol. The van der Waals surface area contributed by atoms with Gasteiger partial charge in [-0.15, -0.1) is 0 Å². The maximum Gasteiger partial charge on any atom is 0.264 e. The summed E-state index contributed by atoms with van der Waals surface area (Å²) in [7, 11) is 0. The number of hydrogen-bond acceptors (Lipinski definition) is 4. The molecule has 0 saturated heterocycles. The van der Waals surface area contributed by atoms with E-state index in [0.717, 1.165) is 35.4 Å². The Morgan fingerprint density at radius 3 is 2.63 bits per heavy atom. The predicted molar refractivity (Wildman–Crippen MR) is 102 cm³/mol. The summed E-state index contributed by atoms with van der Waals surface area (Å²) >= 11 is 0. The summed E-state index contributed by atoms with van der Waals surface area (Å²) in [6.45, 7) is 0.368. The molecule has 2 aromatic carbocycles. The number of carbonyl (C=O) groups is 2. The zero-order chi connectivity index (χ0) is 18.6. The van der Waals surface area contributed by atoms with Crippen LogP contribution in [-0.4, -0.2) is 23.6 Å². The third kappa shape index (κ3) is 4.34. The van der Waals surface area contributed by atoms with Crippen LogP contribution in [0.5, 0.6) is 0 Å². The number of anilines is 1. The standard InChI is InChI=1S/C21H21N3O3/c25-20(16-9-10-16)23-17-8-4-5-14(11-17)13-22-21(26)19-12-18(24-27-19)15-6-2-1-3-7-15/h1-8,11,16,19H,9-10,12-13H2,(H,22,26)(H,23,25). The van der Waals surface area contributed by atoms with Gasteiger partial charge < -0.3 is 15.5 Å². The summed E-state index contributed by atoms with van der Waals surface area (Å²) in [5.74, 6) is 0.0323. The molecule has 1 fully saturated rings. The average Bonchev–Trinajstić information content (AvgIpc) is 3.44. The van der Waals surface area contributed by atoms with Crippen molar-refractivity contribution in [3.8, 4) is 0 Å². The van der Waals surface area contributed by atoms with Gasteiger partial charge in [0, 0.05) is 24.6 Å². The Bertz CT molecular complexity index is 875. The number of nitrogens with zero attached hydrogens (tertiary/aromatic N) is 1. The first-order valence-electron chi connectivity index (χ1n) is 9.14. The van der Waals surface area contributed by atoms with E-state index in [0.29, 0.717) is 13.0 Å². The highest BCUT2D eigenvalue weighted by Crippen LogP contribution is 2.30. The van der Waals surface area contributed by atoms with E-state index in [-0.39, 0.29) is 17.7 Å². The summed E-state index contributed by atoms with van der Waals surface area (Å²) in [5, 5.41) is 9.84. The predicted octanol–water partition coefficient (Wildman–Crippen LogP) is 2.84. The molecule has 1 aliphatic carbocycles. The quantitative estimate of drug-likeness (QED) is 0.828. The molecule has 0 radical (unpaired) electrons. The molecule has 0 aromatic heterocycles. The maximum absolute atomic E-state index is 12.4. The van der Waals surface area contributed by atoms with E-state index in [2.05, 4.69) is 15.8 Å². The highest BCUT2D eigenvalue weighted by atomic mass is 16.6. The largest absolute Gasteiger partial charge is 0.382 e. The van der Waals surface area contributed by atoms with E-state index in [1.165, 1.54) is 0 Å². The molecule has 2 aromatic rings. The highest BCUT2D eigenvalue weighted by Gasteiger charge is 2.30. The van der Waals surface area contributed by atoms with E-state index < -0.39 is 6.10 Å². The van der Waals surface area contributed by atoms with Crippen LogP contribution < -0.4 is 10.6 Å². The lowest BCUT2D eigenvalue weighted by atomic mass is 10.0. The second-order valence-corrected chi connectivity index (χ2v) is 6.88. The minimum Gasteiger partial charge on any atom is -0.382 e. The summed E-state index contributed by atoms with van der Waals surface area (Å²) in [6, 6.07) is 17.2. The molecule has 1 saturated carbocycles. The van der Waals surface area contributed by atoms with Crippen LogP contribution in [0.4, 0.5) is 5.69 Å². The van der Waals surface area contributed by atoms with Crippen LogP contribution in [0.1, 0.15) is 30.4 Å². The Balaban J connectivity index is 1.29. The molecule has 1 heterocycles. The summed E-state index contributed by atoms with van der Waals surface area (Å²) in [5.41, 5.74) is 3.41. The summed E-state index contributed by atoms with van der Waals surface area (Å²) < 4.78 is 0. The van der Waals surface area contributed by atoms with Crippen molar-refractivity contribution in [1.29, 1.82) is 0 Å². The fraction of sp³-hybridized carbons (Fsp3) is 0.286. The molecular weight excluding hydrogens is 342 g/mol. The second kappa shape index (κ2) is 7.61. The lowest BCUT2D eigenvalue weighted by Crippen LogP contribution is -2.34. The first kappa shape index (κ1) is 17.3. The van der Waals surface area contributed by atoms with Gasteiger partial charge in [-0.3, -0.25) is 9.59 Å². The van der Waals surface area contributed by atoms with Gasteiger partial charge in [-0.1, -0.05) is 47.6 Å². The van der Waals surface area contributed by atoms with Crippen LogP contribution in [0, 0.1) is 5.92 Å². The Kier molecular flexibility index (Phi) is 4.87. The SMILES string of the molecule is O=C(Nc1cccc(CNC(=O)C2CC(c3ccccc3)=NO2)c1)C1CC1. The van der Waals surface area contributed by atoms with Crippen molar-refractivity contribution in [3.05, 3.63) is 65.7 Å². The Hall–Kier alpha value is -3.15. The Labute approximate surface area is 157 Å². The molecule has 0 spiro atoms. The molecule has 2 N–H and O–H groups in total. The molecule has 138 valence electrons. The number of benzene rings is 2. The van der Waals surface area contributed by atoms with Gasteiger partial charge in [0.1, 0.15) is 0 Å². The molecule has 1 unspecified atom stereocenters. The van der Waals surface area contributed by atoms with Gasteiger partial charge in [0.15, 0.2) is 0 Å². The van der Waals surface area contributed by atoms with Gasteiger partial charge in [-0.2, -0.15) is 0 Å². The van der Waals surface area contributed by atoms with E-state index >= 15 is 0 Å². The Morgan fingerprint density at radius 1 is 1.04 bits per heavy atom. The fourth-order valence-corrected chi connectivity index (χ4v) is 2.97. The molecule has 4 rings (SSSR count). The first-order chi connectivity index (χ1) is 13.2. The van der Waals surface area contributed by atoms with Crippen LogP contribution in [0.3, 0.4) is 0 Å². The summed E-state index contributed by atoms with van der Waals surface area (Å²) in [6.07, 6.45) is 1.78. The molecular formula is C21H21N3O3. The van der Waals surface area contributed by atoms with Gasteiger partial charge in [0.25, 0.3) is 5.91 Å². The van der Waals surface area contributed by atoms with Gasteiger partial charge >= 0.3 is 0 Å². The minimum atomic E-state index is -0.613. The monoisotopic (exact) mass is 363 g/mol. The maximum atomic E-state index is 12.4. The molecule has 2 aliphatic rings. The topological polar surface area (TPSA) is 79.8 Å². The van der Waals surface area contributed by atoms with Crippen LogP contribution in [0.25, 0.3) is 0 Å². The molecule has 27 heavy (non-hydrogen) atoms. The molecule has 6 nitrogen and oxygen atoms in total. The van der Waals surface area contributed by atoms with Crippen LogP contribution in [0.2, 0.25) is 0 Å². The second-order valence-electron chi connectivity index (χ2n) is 6.88. The van der Waals surface area contributed by atoms with Crippen molar-refractivity contribution in [3.63, 3.8) is 0 Å². The highest BCUT2D eigenvalue weighted by molar-refractivity contribution is 6.04. The lowest BCUT2D eigenvalue weighted by molar-refractivity contribution is -0.131. The molecule has 0 bridgehead atoms. The number of hydrogen-bond donors (Lipinski definition) is 2. The van der Waals surface area contributed by atoms with E-state index in [9.17, 15) is 9.59 Å². The van der Waals surface area contributed by atoms with Crippen molar-refractivity contribution in [2.45, 2.75) is 31.9 Å². The van der Waals surface area contributed by atoms with E-state index in [1.807, 2.05) is 54.6 Å². The van der Waals surface area contributed by atoms with Crippen molar-refractivity contribution < 1.29 is 14.4 Å². The van der Waals surface area contributed by atoms with E-state index in [1.54, 1.807) is 0 Å². The zero-order valence-corrected chi connectivity index (χ0v) is 14.9. The minimum absolute atomic E-state index is 0.0705. The van der Waals surface area contributed by atoms with Crippen molar-refractivity contribution in [2.24, 2.45) is 11.1 Å². The van der Waals surface area contributed by atoms with Crippen LogP contribution >= 0.6 is 0 Å². The zero-order valence-electron chi connectivity index (χ0n) is 14.9. The fourth-order valence-electron chi connectivity index (χ4n) is 2.97. The van der Waals surface area contributed by atoms with Crippen molar-refractivity contribution in [2.75, 3.05) is 5.32 Å². The third-order valence-electron chi connectivity index (χ3n) is 4.68. The number of oxime groups is 1. The number of carbonyl (C=O) groups excluding carboxylic acids is 2. The van der Waals surface area contributed by atoms with Gasteiger partial charge in [0.2, 0.25) is 12.0 Å². The van der Waals surface area contributed by atoms with Crippen LogP contribution in [0.15, 0.2) is 59.8 Å². The summed E-state index contributed by atoms with van der Waals surface area (Å²) in [4.78, 5) is 29.5. The number of rotatable bonds is 6. The smallest absolute Gasteiger partial charge is 0.264 e. The van der Waals surface area contributed by atoms with Gasteiger partial charge in [-0.05, 0) is 36.1 Å². The van der Waals surface area contributed by atoms with Crippen molar-refractivity contribution >= 4 is 23.2 Å². The normalized spacial score (nSPS) is 18.4. The van der Waals surface area contributed by atoms with Crippen LogP contribution in [-0.2, 0) is 21.0 Å². The number of amides is 2. The third-order valence-corrected chi connectivity index (χ3v) is 4.68. The first-order valence-corrected chi connectivity index (χ1v) is 9.14. The lowest BCUT2D eigenvalue weighted by Gasteiger charge is -2.11. The molecule has 1 aliphatic heterocycles. The van der Waals surface area contributed by atoms with Gasteiger partial charge in [-0.25, -0.2) is 0 Å². The number of nitrogens with one attached hydrogen (secondary N) is 2.